The summed E-state index contributed by atoms with van der Waals surface area (Å²) >= 11 is 0. The average Bonchev–Trinajstić information content (AvgIpc) is 2.90. The number of nitrogens with one attached hydrogen (secondary N) is 1. The molecule has 0 aromatic carbocycles. The number of nitrogens with zero attached hydrogens (tertiary/aromatic N) is 5. The number of piperazine rings is 1. The zero-order chi connectivity index (χ0) is 16.8. The number of carbonyl (C=O) groups excluding carboxylic acids is 1. The Kier molecular flexibility index (Phi) is 5.91. The van der Waals surface area contributed by atoms with Crippen molar-refractivity contribution in [2.75, 3.05) is 44.2 Å². The van der Waals surface area contributed by atoms with E-state index in [9.17, 15) is 14.9 Å². The highest BCUT2D eigenvalue weighted by Gasteiger charge is 2.28. The van der Waals surface area contributed by atoms with Crippen LogP contribution in [0.4, 0.5) is 11.6 Å². The number of unbranched alkanes of at least 4 members (excludes halogenated alkanes) is 1. The molecule has 1 aliphatic heterocycles. The van der Waals surface area contributed by atoms with E-state index in [0.717, 1.165) is 19.4 Å². The minimum absolute atomic E-state index is 0.0402. The second-order valence-corrected chi connectivity index (χ2v) is 5.73. The molecule has 1 fully saturated rings. The highest BCUT2D eigenvalue weighted by atomic mass is 16.6. The molecule has 9 heteroatoms. The Morgan fingerprint density at radius 1 is 1.39 bits per heavy atom. The normalized spacial score (nSPS) is 15.7. The largest absolute Gasteiger partial charge is 0.406 e. The second-order valence-electron chi connectivity index (χ2n) is 5.73. The molecular formula is C14H24N6O3. The number of aryl methyl sites for hydroxylation is 1. The van der Waals surface area contributed by atoms with E-state index in [-0.39, 0.29) is 11.7 Å². The molecule has 0 radical (unpaired) electrons. The molecule has 0 bridgehead atoms. The van der Waals surface area contributed by atoms with Crippen LogP contribution in [0.5, 0.6) is 0 Å². The fraction of sp³-hybridized carbons (Fsp3) is 0.714. The summed E-state index contributed by atoms with van der Waals surface area (Å²) < 4.78 is 1.67. The lowest BCUT2D eigenvalue weighted by Gasteiger charge is -2.34. The van der Waals surface area contributed by atoms with E-state index in [0.29, 0.717) is 38.5 Å². The van der Waals surface area contributed by atoms with Gasteiger partial charge >= 0.3 is 5.82 Å². The Balaban J connectivity index is 1.86. The molecule has 1 saturated heterocycles. The molecule has 0 atom stereocenters. The molecule has 0 spiro atoms. The molecule has 2 rings (SSSR count). The van der Waals surface area contributed by atoms with E-state index in [4.69, 9.17) is 0 Å². The van der Waals surface area contributed by atoms with Gasteiger partial charge in [-0.2, -0.15) is 0 Å². The van der Waals surface area contributed by atoms with Gasteiger partial charge in [0.2, 0.25) is 18.1 Å². The molecule has 0 aliphatic carbocycles. The van der Waals surface area contributed by atoms with Crippen molar-refractivity contribution in [2.24, 2.45) is 7.05 Å². The Hall–Kier alpha value is -2.16. The number of rotatable bonds is 7. The van der Waals surface area contributed by atoms with Crippen molar-refractivity contribution in [1.29, 1.82) is 0 Å². The van der Waals surface area contributed by atoms with Gasteiger partial charge in [0.15, 0.2) is 0 Å². The molecule has 1 amide bonds. The molecule has 1 N–H and O–H groups in total. The van der Waals surface area contributed by atoms with Crippen LogP contribution in [0.2, 0.25) is 0 Å². The van der Waals surface area contributed by atoms with Crippen molar-refractivity contribution in [3.05, 3.63) is 16.4 Å². The molecule has 1 aromatic rings. The molecular weight excluding hydrogens is 300 g/mol. The molecule has 0 saturated carbocycles. The van der Waals surface area contributed by atoms with Gasteiger partial charge in [0.05, 0.1) is 6.54 Å². The first-order chi connectivity index (χ1) is 11.0. The van der Waals surface area contributed by atoms with Gasteiger partial charge in [0.25, 0.3) is 0 Å². The first-order valence-corrected chi connectivity index (χ1v) is 7.92. The van der Waals surface area contributed by atoms with Crippen LogP contribution >= 0.6 is 0 Å². The Morgan fingerprint density at radius 3 is 2.70 bits per heavy atom. The molecule has 128 valence electrons. The maximum Gasteiger partial charge on any atom is 0.406 e. The summed E-state index contributed by atoms with van der Waals surface area (Å²) in [7, 11) is 1.75. The summed E-state index contributed by atoms with van der Waals surface area (Å²) in [5.74, 6) is 0.457. The summed E-state index contributed by atoms with van der Waals surface area (Å²) in [5, 5.41) is 14.0. The number of aromatic nitrogens is 2. The van der Waals surface area contributed by atoms with Crippen molar-refractivity contribution >= 4 is 17.5 Å². The van der Waals surface area contributed by atoms with Gasteiger partial charge in [0.1, 0.15) is 0 Å². The minimum atomic E-state index is -0.455. The molecule has 1 aromatic heterocycles. The Labute approximate surface area is 135 Å². The van der Waals surface area contributed by atoms with E-state index in [1.807, 2.05) is 4.90 Å². The van der Waals surface area contributed by atoms with Crippen LogP contribution < -0.4 is 10.2 Å². The Morgan fingerprint density at radius 2 is 2.09 bits per heavy atom. The lowest BCUT2D eigenvalue weighted by Crippen LogP contribution is -2.50. The number of anilines is 1. The fourth-order valence-corrected chi connectivity index (χ4v) is 2.69. The third kappa shape index (κ3) is 4.41. The first kappa shape index (κ1) is 17.2. The highest BCUT2D eigenvalue weighted by Crippen LogP contribution is 2.26. The molecule has 2 heterocycles. The van der Waals surface area contributed by atoms with E-state index in [1.54, 1.807) is 11.6 Å². The smallest absolute Gasteiger partial charge is 0.358 e. The van der Waals surface area contributed by atoms with Crippen LogP contribution in [0.25, 0.3) is 0 Å². The van der Waals surface area contributed by atoms with Crippen molar-refractivity contribution in [2.45, 2.75) is 19.8 Å². The quantitative estimate of drug-likeness (QED) is 0.442. The van der Waals surface area contributed by atoms with Gasteiger partial charge in [-0.1, -0.05) is 13.3 Å². The van der Waals surface area contributed by atoms with E-state index < -0.39 is 4.92 Å². The fourth-order valence-electron chi connectivity index (χ4n) is 2.69. The number of carbonyl (C=O) groups is 1. The lowest BCUT2D eigenvalue weighted by atomic mass is 10.3. The van der Waals surface area contributed by atoms with Crippen molar-refractivity contribution in [1.82, 2.24) is 19.8 Å². The van der Waals surface area contributed by atoms with Crippen molar-refractivity contribution < 1.29 is 9.72 Å². The number of nitro groups is 1. The summed E-state index contributed by atoms with van der Waals surface area (Å²) in [6.45, 7) is 5.86. The van der Waals surface area contributed by atoms with Crippen LogP contribution in [0.15, 0.2) is 6.33 Å². The number of imidazole rings is 1. The monoisotopic (exact) mass is 324 g/mol. The molecule has 23 heavy (non-hydrogen) atoms. The van der Waals surface area contributed by atoms with Crippen LogP contribution in [-0.2, 0) is 11.8 Å². The van der Waals surface area contributed by atoms with E-state index in [1.165, 1.54) is 6.33 Å². The summed E-state index contributed by atoms with van der Waals surface area (Å²) in [6.07, 6.45) is 3.51. The summed E-state index contributed by atoms with van der Waals surface area (Å²) in [6, 6.07) is 0. The highest BCUT2D eigenvalue weighted by molar-refractivity contribution is 5.78. The lowest BCUT2D eigenvalue weighted by molar-refractivity contribution is -0.388. The third-order valence-electron chi connectivity index (χ3n) is 3.95. The predicted octanol–water partition coefficient (Wildman–Crippen LogP) is 0.367. The maximum absolute atomic E-state index is 11.8. The number of amides is 1. The van der Waals surface area contributed by atoms with Crippen LogP contribution in [0.3, 0.4) is 0 Å². The third-order valence-corrected chi connectivity index (χ3v) is 3.95. The zero-order valence-corrected chi connectivity index (χ0v) is 13.7. The van der Waals surface area contributed by atoms with Gasteiger partial charge in [-0.05, 0) is 16.3 Å². The van der Waals surface area contributed by atoms with Crippen molar-refractivity contribution in [3.8, 4) is 0 Å². The van der Waals surface area contributed by atoms with Gasteiger partial charge in [-0.3, -0.25) is 14.3 Å². The van der Waals surface area contributed by atoms with Gasteiger partial charge in [0, 0.05) is 39.8 Å². The predicted molar refractivity (Wildman–Crippen MR) is 86.4 cm³/mol. The number of hydrogen-bond donors (Lipinski definition) is 1. The topological polar surface area (TPSA) is 96.5 Å². The molecule has 0 unspecified atom stereocenters. The Bertz CT molecular complexity index is 551. The van der Waals surface area contributed by atoms with E-state index in [2.05, 4.69) is 22.1 Å². The standard InChI is InChI=1S/C14H24N6O3/c1-3-4-5-15-12(21)10-18-6-8-19(9-7-18)14-13(20(22)23)16-11-17(14)2/h11H,3-10H2,1-2H3,(H,15,21). The van der Waals surface area contributed by atoms with Gasteiger partial charge in [-0.15, -0.1) is 0 Å². The summed E-state index contributed by atoms with van der Waals surface area (Å²) in [5.41, 5.74) is 0. The maximum atomic E-state index is 11.8. The van der Waals surface area contributed by atoms with Gasteiger partial charge < -0.3 is 20.3 Å². The van der Waals surface area contributed by atoms with Crippen LogP contribution in [-0.4, -0.2) is 64.6 Å². The first-order valence-electron chi connectivity index (χ1n) is 7.92. The van der Waals surface area contributed by atoms with Crippen LogP contribution in [0, 0.1) is 10.1 Å². The summed E-state index contributed by atoms with van der Waals surface area (Å²) in [4.78, 5) is 30.3. The van der Waals surface area contributed by atoms with Gasteiger partial charge in [-0.25, -0.2) is 0 Å². The van der Waals surface area contributed by atoms with E-state index >= 15 is 0 Å². The zero-order valence-electron chi connectivity index (χ0n) is 13.7. The number of hydrogen-bond acceptors (Lipinski definition) is 6. The molecule has 1 aliphatic rings. The molecule has 9 nitrogen and oxygen atoms in total. The SMILES string of the molecule is CCCCNC(=O)CN1CCN(c2c([N+](=O)[O-])ncn2C)CC1. The second kappa shape index (κ2) is 7.91. The minimum Gasteiger partial charge on any atom is -0.358 e. The van der Waals surface area contributed by atoms with Crippen LogP contribution in [0.1, 0.15) is 19.8 Å². The average molecular weight is 324 g/mol. The van der Waals surface area contributed by atoms with Crippen molar-refractivity contribution in [3.63, 3.8) is 0 Å².